The Morgan fingerprint density at radius 1 is 1.37 bits per heavy atom. The van der Waals surface area contributed by atoms with Crippen molar-refractivity contribution in [2.75, 3.05) is 5.75 Å². The van der Waals surface area contributed by atoms with Gasteiger partial charge in [-0.15, -0.1) is 16.8 Å². The number of hydrogen-bond donors (Lipinski definition) is 2. The molecule has 1 aromatic carbocycles. The number of para-hydroxylation sites is 2. The van der Waals surface area contributed by atoms with Crippen molar-refractivity contribution in [3.63, 3.8) is 0 Å². The smallest absolute Gasteiger partial charge is 0.201 e. The standard InChI is InChI=1S/C21H18N6O2S/c1-3-9-27-20(18-13(2)8-10-29-18)25-26-21(27)30-12-17(28)14(11-22)19-23-15-6-4-5-7-16(15)24-19/h3-8,10,28H,1,9,12H2,2H3,(H,23,24)/b17-14-. The Kier molecular flexibility index (Phi) is 5.41. The third-order valence-electron chi connectivity index (χ3n) is 4.46. The second-order valence-electron chi connectivity index (χ2n) is 6.46. The number of nitrogens with zero attached hydrogens (tertiary/aromatic N) is 5. The van der Waals surface area contributed by atoms with E-state index >= 15 is 0 Å². The largest absolute Gasteiger partial charge is 0.510 e. The van der Waals surface area contributed by atoms with Gasteiger partial charge in [0.15, 0.2) is 16.7 Å². The number of furan rings is 1. The molecule has 8 nitrogen and oxygen atoms in total. The minimum Gasteiger partial charge on any atom is -0.510 e. The lowest BCUT2D eigenvalue weighted by Crippen LogP contribution is -2.02. The summed E-state index contributed by atoms with van der Waals surface area (Å²) in [6.45, 7) is 6.19. The van der Waals surface area contributed by atoms with Crippen molar-refractivity contribution in [3.8, 4) is 17.7 Å². The first-order chi connectivity index (χ1) is 14.6. The van der Waals surface area contributed by atoms with Gasteiger partial charge < -0.3 is 14.5 Å². The van der Waals surface area contributed by atoms with Gasteiger partial charge in [-0.2, -0.15) is 5.26 Å². The molecule has 0 spiro atoms. The van der Waals surface area contributed by atoms with Gasteiger partial charge in [-0.3, -0.25) is 4.57 Å². The molecule has 0 fully saturated rings. The Hall–Kier alpha value is -3.77. The van der Waals surface area contributed by atoms with Gasteiger partial charge in [0.25, 0.3) is 0 Å². The first-order valence-electron chi connectivity index (χ1n) is 9.11. The molecule has 3 heterocycles. The fraction of sp³-hybridized carbons (Fsp3) is 0.143. The number of fused-ring (bicyclic) bond motifs is 1. The Balaban J connectivity index is 1.61. The number of benzene rings is 1. The highest BCUT2D eigenvalue weighted by Crippen LogP contribution is 2.29. The van der Waals surface area contributed by atoms with E-state index in [0.29, 0.717) is 29.1 Å². The van der Waals surface area contributed by atoms with Crippen LogP contribution in [0.15, 0.2) is 64.6 Å². The molecule has 150 valence electrons. The van der Waals surface area contributed by atoms with E-state index < -0.39 is 0 Å². The molecule has 4 aromatic rings. The first kappa shape index (κ1) is 19.5. The van der Waals surface area contributed by atoms with E-state index in [9.17, 15) is 10.4 Å². The Labute approximate surface area is 176 Å². The second-order valence-corrected chi connectivity index (χ2v) is 7.41. The van der Waals surface area contributed by atoms with Crippen molar-refractivity contribution in [1.82, 2.24) is 24.7 Å². The second kappa shape index (κ2) is 8.31. The van der Waals surface area contributed by atoms with E-state index in [-0.39, 0.29) is 17.1 Å². The van der Waals surface area contributed by atoms with Gasteiger partial charge in [0.2, 0.25) is 5.82 Å². The molecule has 0 aliphatic rings. The van der Waals surface area contributed by atoms with Crippen molar-refractivity contribution >= 4 is 28.4 Å². The third kappa shape index (κ3) is 3.60. The average molecular weight is 418 g/mol. The van der Waals surface area contributed by atoms with E-state index in [2.05, 4.69) is 26.7 Å². The number of allylic oxidation sites excluding steroid dienone is 2. The molecule has 4 rings (SSSR count). The van der Waals surface area contributed by atoms with Gasteiger partial charge in [0, 0.05) is 6.54 Å². The molecule has 0 atom stereocenters. The highest BCUT2D eigenvalue weighted by molar-refractivity contribution is 7.99. The number of hydrogen-bond acceptors (Lipinski definition) is 7. The number of aliphatic hydroxyl groups is 1. The van der Waals surface area contributed by atoms with Crippen LogP contribution in [0.3, 0.4) is 0 Å². The molecule has 0 bridgehead atoms. The molecule has 0 unspecified atom stereocenters. The van der Waals surface area contributed by atoms with Gasteiger partial charge in [0.05, 0.1) is 23.0 Å². The zero-order valence-corrected chi connectivity index (χ0v) is 17.0. The van der Waals surface area contributed by atoms with Crippen LogP contribution in [0.5, 0.6) is 0 Å². The summed E-state index contributed by atoms with van der Waals surface area (Å²) in [5.74, 6) is 1.59. The zero-order valence-electron chi connectivity index (χ0n) is 16.2. The molecule has 2 N–H and O–H groups in total. The number of nitrogens with one attached hydrogen (secondary N) is 1. The van der Waals surface area contributed by atoms with Crippen LogP contribution in [-0.2, 0) is 6.54 Å². The minimum absolute atomic E-state index is 0.0922. The van der Waals surface area contributed by atoms with Gasteiger partial charge >= 0.3 is 0 Å². The van der Waals surface area contributed by atoms with Crippen LogP contribution >= 0.6 is 11.8 Å². The van der Waals surface area contributed by atoms with E-state index in [0.717, 1.165) is 16.6 Å². The van der Waals surface area contributed by atoms with Crippen LogP contribution in [0.1, 0.15) is 11.4 Å². The van der Waals surface area contributed by atoms with Gasteiger partial charge in [-0.25, -0.2) is 4.98 Å². The molecular weight excluding hydrogens is 400 g/mol. The number of thioether (sulfide) groups is 1. The van der Waals surface area contributed by atoms with Crippen LogP contribution in [-0.4, -0.2) is 35.6 Å². The molecule has 0 radical (unpaired) electrons. The van der Waals surface area contributed by atoms with Crippen molar-refractivity contribution in [2.24, 2.45) is 0 Å². The number of rotatable bonds is 7. The lowest BCUT2D eigenvalue weighted by Gasteiger charge is -2.07. The fourth-order valence-electron chi connectivity index (χ4n) is 2.99. The fourth-order valence-corrected chi connectivity index (χ4v) is 3.81. The van der Waals surface area contributed by atoms with Crippen LogP contribution in [0.2, 0.25) is 0 Å². The van der Waals surface area contributed by atoms with Gasteiger partial charge in [0.1, 0.15) is 17.4 Å². The molecule has 0 amide bonds. The maximum atomic E-state index is 10.6. The molecule has 0 saturated heterocycles. The van der Waals surface area contributed by atoms with Gasteiger partial charge in [-0.1, -0.05) is 30.0 Å². The molecule has 0 aliphatic carbocycles. The lowest BCUT2D eigenvalue weighted by molar-refractivity contribution is 0.420. The quantitative estimate of drug-likeness (QED) is 0.196. The predicted molar refractivity (Wildman–Crippen MR) is 115 cm³/mol. The van der Waals surface area contributed by atoms with Crippen LogP contribution < -0.4 is 0 Å². The van der Waals surface area contributed by atoms with Gasteiger partial charge in [-0.05, 0) is 30.7 Å². The molecule has 0 aliphatic heterocycles. The highest BCUT2D eigenvalue weighted by atomic mass is 32.2. The average Bonchev–Trinajstić information content (AvgIpc) is 3.45. The third-order valence-corrected chi connectivity index (χ3v) is 5.44. The Bertz CT molecular complexity index is 1260. The molecule has 0 saturated carbocycles. The Morgan fingerprint density at radius 2 is 2.20 bits per heavy atom. The van der Waals surface area contributed by atoms with Crippen molar-refractivity contribution in [1.29, 1.82) is 5.26 Å². The number of aromatic amines is 1. The van der Waals surface area contributed by atoms with Crippen molar-refractivity contribution < 1.29 is 9.52 Å². The topological polar surface area (TPSA) is 117 Å². The Morgan fingerprint density at radius 3 is 2.90 bits per heavy atom. The maximum absolute atomic E-state index is 10.6. The summed E-state index contributed by atoms with van der Waals surface area (Å²) < 4.78 is 7.39. The lowest BCUT2D eigenvalue weighted by atomic mass is 10.2. The summed E-state index contributed by atoms with van der Waals surface area (Å²) in [6.07, 6.45) is 3.34. The van der Waals surface area contributed by atoms with E-state index in [4.69, 9.17) is 4.42 Å². The number of nitriles is 1. The predicted octanol–water partition coefficient (Wildman–Crippen LogP) is 4.49. The summed E-state index contributed by atoms with van der Waals surface area (Å²) >= 11 is 1.26. The number of aromatic nitrogens is 5. The summed E-state index contributed by atoms with van der Waals surface area (Å²) in [7, 11) is 0. The number of H-pyrrole nitrogens is 1. The highest BCUT2D eigenvalue weighted by Gasteiger charge is 2.19. The normalized spacial score (nSPS) is 12.0. The SMILES string of the molecule is C=CCn1c(SC/C(O)=C(\C#N)c2nc3ccccc3[nH]2)nnc1-c1occc1C. The van der Waals surface area contributed by atoms with Crippen molar-refractivity contribution in [2.45, 2.75) is 18.6 Å². The summed E-state index contributed by atoms with van der Waals surface area (Å²) in [5.41, 5.74) is 2.56. The van der Waals surface area contributed by atoms with Crippen LogP contribution in [0, 0.1) is 18.3 Å². The van der Waals surface area contributed by atoms with E-state index in [1.807, 2.05) is 47.9 Å². The summed E-state index contributed by atoms with van der Waals surface area (Å²) in [5, 5.41) is 29.2. The molecule has 30 heavy (non-hydrogen) atoms. The van der Waals surface area contributed by atoms with E-state index in [1.54, 1.807) is 12.3 Å². The summed E-state index contributed by atoms with van der Waals surface area (Å²) in [6, 6.07) is 11.3. The minimum atomic E-state index is -0.0922. The van der Waals surface area contributed by atoms with E-state index in [1.165, 1.54) is 11.8 Å². The zero-order chi connectivity index (χ0) is 21.1. The molecule has 3 aromatic heterocycles. The molecule has 9 heteroatoms. The summed E-state index contributed by atoms with van der Waals surface area (Å²) in [4.78, 5) is 7.46. The number of aliphatic hydroxyl groups excluding tert-OH is 1. The van der Waals surface area contributed by atoms with Crippen molar-refractivity contribution in [3.05, 3.63) is 66.4 Å². The number of imidazole rings is 1. The molecular formula is C21H18N6O2S. The first-order valence-corrected chi connectivity index (χ1v) is 10.1. The van der Waals surface area contributed by atoms with Crippen LogP contribution in [0.25, 0.3) is 28.2 Å². The number of aryl methyl sites for hydroxylation is 1. The van der Waals surface area contributed by atoms with Crippen LogP contribution in [0.4, 0.5) is 0 Å². The monoisotopic (exact) mass is 418 g/mol. The maximum Gasteiger partial charge on any atom is 0.201 e.